The van der Waals surface area contributed by atoms with E-state index in [2.05, 4.69) is 51.1 Å². The SMILES string of the molecule is CN(C)C(=O)Sc1ccc([C@]2(C)CC(C)(C)Oc3ccccc32)cc1. The third kappa shape index (κ3) is 3.54. The molecule has 0 aromatic heterocycles. The Morgan fingerprint density at radius 2 is 1.68 bits per heavy atom. The van der Waals surface area contributed by atoms with Crippen molar-refractivity contribution in [3.63, 3.8) is 0 Å². The number of carbonyl (C=O) groups excluding carboxylic acids is 1. The van der Waals surface area contributed by atoms with E-state index in [0.717, 1.165) is 17.1 Å². The lowest BCUT2D eigenvalue weighted by molar-refractivity contribution is 0.0583. The average molecular weight is 356 g/mol. The number of carbonyl (C=O) groups is 1. The third-order valence-electron chi connectivity index (χ3n) is 4.71. The number of hydrogen-bond acceptors (Lipinski definition) is 3. The minimum Gasteiger partial charge on any atom is -0.488 e. The second kappa shape index (κ2) is 6.41. The number of fused-ring (bicyclic) bond motifs is 1. The van der Waals surface area contributed by atoms with E-state index in [0.29, 0.717) is 0 Å². The Balaban J connectivity index is 1.96. The molecule has 0 aliphatic carbocycles. The van der Waals surface area contributed by atoms with Gasteiger partial charge in [-0.2, -0.15) is 0 Å². The lowest BCUT2D eigenvalue weighted by Gasteiger charge is -2.44. The Kier molecular flexibility index (Phi) is 4.58. The van der Waals surface area contributed by atoms with Crippen LogP contribution in [0.4, 0.5) is 4.79 Å². The maximum atomic E-state index is 11.9. The molecule has 132 valence electrons. The van der Waals surface area contributed by atoms with Crippen molar-refractivity contribution in [1.82, 2.24) is 4.90 Å². The van der Waals surface area contributed by atoms with Gasteiger partial charge in [-0.15, -0.1) is 0 Å². The first-order valence-electron chi connectivity index (χ1n) is 8.49. The molecule has 4 heteroatoms. The van der Waals surface area contributed by atoms with Crippen molar-refractivity contribution in [3.05, 3.63) is 59.7 Å². The highest BCUT2D eigenvalue weighted by Gasteiger charge is 2.42. The molecular formula is C21H25NO2S. The van der Waals surface area contributed by atoms with Crippen LogP contribution in [0.3, 0.4) is 0 Å². The van der Waals surface area contributed by atoms with Crippen LogP contribution in [0.25, 0.3) is 0 Å². The van der Waals surface area contributed by atoms with Gasteiger partial charge in [-0.25, -0.2) is 0 Å². The normalized spacial score (nSPS) is 21.2. The molecular weight excluding hydrogens is 330 g/mol. The van der Waals surface area contributed by atoms with Crippen LogP contribution in [0.15, 0.2) is 53.4 Å². The number of rotatable bonds is 2. The summed E-state index contributed by atoms with van der Waals surface area (Å²) >= 11 is 1.25. The van der Waals surface area contributed by atoms with Crippen molar-refractivity contribution in [3.8, 4) is 5.75 Å². The Hall–Kier alpha value is -1.94. The second-order valence-corrected chi connectivity index (χ2v) is 8.68. The van der Waals surface area contributed by atoms with Crippen molar-refractivity contribution in [1.29, 1.82) is 0 Å². The third-order valence-corrected chi connectivity index (χ3v) is 5.76. The van der Waals surface area contributed by atoms with Crippen LogP contribution in [-0.4, -0.2) is 29.8 Å². The lowest BCUT2D eigenvalue weighted by atomic mass is 9.68. The number of nitrogens with zero attached hydrogens (tertiary/aromatic N) is 1. The lowest BCUT2D eigenvalue weighted by Crippen LogP contribution is -2.43. The largest absolute Gasteiger partial charge is 0.488 e. The molecule has 0 fully saturated rings. The van der Waals surface area contributed by atoms with Crippen LogP contribution in [0.1, 0.15) is 38.3 Å². The number of hydrogen-bond donors (Lipinski definition) is 0. The van der Waals surface area contributed by atoms with Gasteiger partial charge < -0.3 is 9.64 Å². The van der Waals surface area contributed by atoms with Crippen LogP contribution in [0.2, 0.25) is 0 Å². The smallest absolute Gasteiger partial charge is 0.285 e. The number of para-hydroxylation sites is 1. The van der Waals surface area contributed by atoms with E-state index in [1.165, 1.54) is 22.9 Å². The summed E-state index contributed by atoms with van der Waals surface area (Å²) in [5.74, 6) is 0.961. The van der Waals surface area contributed by atoms with E-state index < -0.39 is 0 Å². The van der Waals surface area contributed by atoms with Crippen LogP contribution in [0.5, 0.6) is 5.75 Å². The molecule has 3 nitrogen and oxygen atoms in total. The standard InChI is InChI=1S/C21H25NO2S/c1-20(2)14-21(3,17-8-6-7-9-18(17)24-20)15-10-12-16(13-11-15)25-19(23)22(4)5/h6-13H,14H2,1-5H3/t21-/m0/s1. The fourth-order valence-corrected chi connectivity index (χ4v) is 4.29. The van der Waals surface area contributed by atoms with Gasteiger partial charge in [0.05, 0.1) is 0 Å². The monoisotopic (exact) mass is 355 g/mol. The Morgan fingerprint density at radius 3 is 2.32 bits per heavy atom. The Labute approximate surface area is 154 Å². The summed E-state index contributed by atoms with van der Waals surface area (Å²) in [6.45, 7) is 6.56. The molecule has 0 N–H and O–H groups in total. The molecule has 0 radical (unpaired) electrons. The molecule has 25 heavy (non-hydrogen) atoms. The molecule has 1 aliphatic heterocycles. The van der Waals surface area contributed by atoms with Gasteiger partial charge in [0.1, 0.15) is 11.4 Å². The molecule has 2 aromatic carbocycles. The van der Waals surface area contributed by atoms with Gasteiger partial charge in [0, 0.05) is 36.4 Å². The molecule has 1 amide bonds. The molecule has 1 aliphatic rings. The maximum absolute atomic E-state index is 11.9. The zero-order valence-corrected chi connectivity index (χ0v) is 16.3. The molecule has 0 spiro atoms. The Bertz CT molecular complexity index is 783. The van der Waals surface area contributed by atoms with Crippen molar-refractivity contribution in [2.24, 2.45) is 0 Å². The fourth-order valence-electron chi connectivity index (χ4n) is 3.63. The average Bonchev–Trinajstić information content (AvgIpc) is 2.54. The fraction of sp³-hybridized carbons (Fsp3) is 0.381. The van der Waals surface area contributed by atoms with Crippen molar-refractivity contribution < 1.29 is 9.53 Å². The molecule has 0 bridgehead atoms. The first-order valence-corrected chi connectivity index (χ1v) is 9.31. The summed E-state index contributed by atoms with van der Waals surface area (Å²) in [5, 5.41) is 0.0384. The van der Waals surface area contributed by atoms with Gasteiger partial charge >= 0.3 is 0 Å². The summed E-state index contributed by atoms with van der Waals surface area (Å²) < 4.78 is 6.18. The van der Waals surface area contributed by atoms with Crippen LogP contribution in [-0.2, 0) is 5.41 Å². The molecule has 1 atom stereocenters. The highest BCUT2D eigenvalue weighted by Crippen LogP contribution is 2.48. The van der Waals surface area contributed by atoms with Crippen LogP contribution < -0.4 is 4.74 Å². The van der Waals surface area contributed by atoms with E-state index in [4.69, 9.17) is 4.74 Å². The molecule has 0 saturated carbocycles. The highest BCUT2D eigenvalue weighted by atomic mass is 32.2. The van der Waals surface area contributed by atoms with Gasteiger partial charge in [0.2, 0.25) is 0 Å². The van der Waals surface area contributed by atoms with Gasteiger partial charge in [0.15, 0.2) is 0 Å². The molecule has 1 heterocycles. The zero-order chi connectivity index (χ0) is 18.2. The van der Waals surface area contributed by atoms with E-state index in [9.17, 15) is 4.79 Å². The van der Waals surface area contributed by atoms with Gasteiger partial charge in [-0.05, 0) is 49.4 Å². The number of amides is 1. The molecule has 0 saturated heterocycles. The minimum absolute atomic E-state index is 0.0384. The van der Waals surface area contributed by atoms with Crippen molar-refractivity contribution in [2.45, 2.75) is 43.1 Å². The number of ether oxygens (including phenoxy) is 1. The van der Waals surface area contributed by atoms with E-state index >= 15 is 0 Å². The van der Waals surface area contributed by atoms with Crippen LogP contribution >= 0.6 is 11.8 Å². The van der Waals surface area contributed by atoms with Crippen molar-refractivity contribution in [2.75, 3.05) is 14.1 Å². The summed E-state index contributed by atoms with van der Waals surface area (Å²) in [4.78, 5) is 14.4. The summed E-state index contributed by atoms with van der Waals surface area (Å²) in [6, 6.07) is 16.7. The van der Waals surface area contributed by atoms with E-state index in [1.54, 1.807) is 19.0 Å². The molecule has 2 aromatic rings. The predicted molar refractivity (Wildman–Crippen MR) is 104 cm³/mol. The predicted octanol–water partition coefficient (Wildman–Crippen LogP) is 5.33. The molecule has 3 rings (SSSR count). The van der Waals surface area contributed by atoms with Gasteiger partial charge in [-0.3, -0.25) is 4.79 Å². The molecule has 0 unspecified atom stereocenters. The highest BCUT2D eigenvalue weighted by molar-refractivity contribution is 8.13. The summed E-state index contributed by atoms with van der Waals surface area (Å²) in [6.07, 6.45) is 0.903. The van der Waals surface area contributed by atoms with Gasteiger partial charge in [0.25, 0.3) is 5.24 Å². The first kappa shape index (κ1) is 17.9. The summed E-state index contributed by atoms with van der Waals surface area (Å²) in [7, 11) is 3.54. The van der Waals surface area contributed by atoms with E-state index in [-0.39, 0.29) is 16.3 Å². The second-order valence-electron chi connectivity index (χ2n) is 7.65. The topological polar surface area (TPSA) is 29.5 Å². The Morgan fingerprint density at radius 1 is 1.04 bits per heavy atom. The summed E-state index contributed by atoms with van der Waals surface area (Å²) in [5.41, 5.74) is 2.13. The number of benzene rings is 2. The van der Waals surface area contributed by atoms with E-state index in [1.807, 2.05) is 18.2 Å². The van der Waals surface area contributed by atoms with Gasteiger partial charge in [-0.1, -0.05) is 37.3 Å². The van der Waals surface area contributed by atoms with Crippen molar-refractivity contribution >= 4 is 17.0 Å². The zero-order valence-electron chi connectivity index (χ0n) is 15.5. The first-order chi connectivity index (χ1) is 11.7. The maximum Gasteiger partial charge on any atom is 0.285 e. The minimum atomic E-state index is -0.225. The number of thioether (sulfide) groups is 1. The van der Waals surface area contributed by atoms with Crippen LogP contribution in [0, 0.1) is 0 Å². The quantitative estimate of drug-likeness (QED) is 0.682.